The van der Waals surface area contributed by atoms with Gasteiger partial charge in [0.25, 0.3) is 0 Å². The average molecular weight is 550 g/mol. The van der Waals surface area contributed by atoms with Gasteiger partial charge >= 0.3 is 5.97 Å². The molecular formula is C31H45ClFNO4. The van der Waals surface area contributed by atoms with Crippen molar-refractivity contribution in [3.63, 3.8) is 0 Å². The summed E-state index contributed by atoms with van der Waals surface area (Å²) in [5.74, 6) is 0.794. The summed E-state index contributed by atoms with van der Waals surface area (Å²) in [5, 5.41) is 0. The zero-order valence-electron chi connectivity index (χ0n) is 23.8. The molecule has 3 rings (SSSR count). The summed E-state index contributed by atoms with van der Waals surface area (Å²) in [6, 6.07) is 11.7. The normalized spacial score (nSPS) is 16.4. The second-order valence-electron chi connectivity index (χ2n) is 10.7. The Bertz CT molecular complexity index is 1050. The number of ether oxygens (including phenoxy) is 3. The molecular weight excluding hydrogens is 505 g/mol. The lowest BCUT2D eigenvalue weighted by molar-refractivity contribution is -0.166. The van der Waals surface area contributed by atoms with Gasteiger partial charge < -0.3 is 19.1 Å². The highest BCUT2D eigenvalue weighted by molar-refractivity contribution is 5.85. The van der Waals surface area contributed by atoms with Crippen LogP contribution in [0.3, 0.4) is 0 Å². The average Bonchev–Trinajstić information content (AvgIpc) is 2.89. The summed E-state index contributed by atoms with van der Waals surface area (Å²) in [6.45, 7) is 7.41. The first kappa shape index (κ1) is 31.9. The highest BCUT2D eigenvalue weighted by Crippen LogP contribution is 2.45. The molecule has 0 spiro atoms. The van der Waals surface area contributed by atoms with Crippen molar-refractivity contribution in [2.75, 3.05) is 34.4 Å². The maximum absolute atomic E-state index is 14.7. The van der Waals surface area contributed by atoms with Crippen molar-refractivity contribution in [3.8, 4) is 11.5 Å². The van der Waals surface area contributed by atoms with E-state index in [2.05, 4.69) is 36.1 Å². The van der Waals surface area contributed by atoms with Crippen molar-refractivity contribution in [2.24, 2.45) is 11.3 Å². The molecule has 0 radical (unpaired) electrons. The van der Waals surface area contributed by atoms with Gasteiger partial charge in [0.15, 0.2) is 11.5 Å². The third-order valence-electron chi connectivity index (χ3n) is 7.83. The first-order valence-electron chi connectivity index (χ1n) is 13.6. The number of carbonyl (C=O) groups excluding carboxylic acids is 1. The largest absolute Gasteiger partial charge is 0.493 e. The highest BCUT2D eigenvalue weighted by atomic mass is 35.5. The van der Waals surface area contributed by atoms with E-state index < -0.39 is 5.41 Å². The Morgan fingerprint density at radius 3 is 2.37 bits per heavy atom. The van der Waals surface area contributed by atoms with Crippen LogP contribution in [-0.2, 0) is 28.8 Å². The van der Waals surface area contributed by atoms with Gasteiger partial charge in [0.2, 0.25) is 0 Å². The number of aryl methyl sites for hydroxylation is 1. The lowest BCUT2D eigenvalue weighted by Crippen LogP contribution is -2.45. The Morgan fingerprint density at radius 2 is 1.74 bits per heavy atom. The summed E-state index contributed by atoms with van der Waals surface area (Å²) in [5.41, 5.74) is 2.81. The number of likely N-dealkylation sites (N-methyl/N-ethyl adjacent to an activating group) is 1. The van der Waals surface area contributed by atoms with Crippen LogP contribution in [0.25, 0.3) is 0 Å². The zero-order chi connectivity index (χ0) is 27.0. The van der Waals surface area contributed by atoms with E-state index in [0.717, 1.165) is 45.1 Å². The second-order valence-corrected chi connectivity index (χ2v) is 10.7. The Balaban J connectivity index is 0.00000507. The summed E-state index contributed by atoms with van der Waals surface area (Å²) in [7, 11) is 5.10. The summed E-state index contributed by atoms with van der Waals surface area (Å²) >= 11 is 0. The molecule has 7 heteroatoms. The Hall–Kier alpha value is -2.31. The minimum atomic E-state index is -0.532. The summed E-state index contributed by atoms with van der Waals surface area (Å²) < 4.78 is 31.1. The number of hydrogen-bond donors (Lipinski definition) is 0. The number of rotatable bonds is 13. The molecule has 0 bridgehead atoms. The lowest BCUT2D eigenvalue weighted by Gasteiger charge is -2.42. The van der Waals surface area contributed by atoms with Gasteiger partial charge in [0.1, 0.15) is 5.82 Å². The van der Waals surface area contributed by atoms with Crippen LogP contribution in [0.1, 0.15) is 63.1 Å². The molecule has 0 fully saturated rings. The Morgan fingerprint density at radius 1 is 1.08 bits per heavy atom. The SMILES string of the molecule is CCC[C@](CCN(C)CCc1cc(OC)c(OC)cc1F)(C(=O)OC(C)C)C1CCc2ccccc2C1.Cl. The van der Waals surface area contributed by atoms with Crippen LogP contribution in [0.15, 0.2) is 36.4 Å². The van der Waals surface area contributed by atoms with Gasteiger partial charge in [-0.3, -0.25) is 4.79 Å². The van der Waals surface area contributed by atoms with E-state index >= 15 is 0 Å². The van der Waals surface area contributed by atoms with Crippen LogP contribution in [0.4, 0.5) is 4.39 Å². The smallest absolute Gasteiger partial charge is 0.312 e. The van der Waals surface area contributed by atoms with E-state index in [4.69, 9.17) is 14.2 Å². The van der Waals surface area contributed by atoms with Crippen LogP contribution >= 0.6 is 12.4 Å². The lowest BCUT2D eigenvalue weighted by atomic mass is 9.63. The number of halogens is 2. The predicted octanol–water partition coefficient (Wildman–Crippen LogP) is 6.67. The highest BCUT2D eigenvalue weighted by Gasteiger charge is 2.47. The Labute approximate surface area is 234 Å². The van der Waals surface area contributed by atoms with Gasteiger partial charge in [-0.25, -0.2) is 4.39 Å². The van der Waals surface area contributed by atoms with E-state index in [0.29, 0.717) is 30.0 Å². The molecule has 0 amide bonds. The van der Waals surface area contributed by atoms with Gasteiger partial charge in [-0.05, 0) is 94.6 Å². The first-order chi connectivity index (χ1) is 17.7. The van der Waals surface area contributed by atoms with Crippen LogP contribution in [0, 0.1) is 17.2 Å². The summed E-state index contributed by atoms with van der Waals surface area (Å²) in [4.78, 5) is 15.9. The number of nitrogens with zero attached hydrogens (tertiary/aromatic N) is 1. The minimum absolute atomic E-state index is 0. The van der Waals surface area contributed by atoms with Gasteiger partial charge in [0.05, 0.1) is 25.7 Å². The van der Waals surface area contributed by atoms with Crippen LogP contribution in [-0.4, -0.2) is 51.3 Å². The maximum Gasteiger partial charge on any atom is 0.312 e. The third-order valence-corrected chi connectivity index (χ3v) is 7.83. The number of fused-ring (bicyclic) bond motifs is 1. The fourth-order valence-electron chi connectivity index (χ4n) is 5.75. The molecule has 5 nitrogen and oxygen atoms in total. The molecule has 2 aromatic carbocycles. The molecule has 38 heavy (non-hydrogen) atoms. The maximum atomic E-state index is 14.7. The molecule has 2 aromatic rings. The minimum Gasteiger partial charge on any atom is -0.493 e. The predicted molar refractivity (Wildman–Crippen MR) is 153 cm³/mol. The van der Waals surface area contributed by atoms with Crippen LogP contribution in [0.5, 0.6) is 11.5 Å². The molecule has 1 aliphatic carbocycles. The molecule has 1 unspecified atom stereocenters. The van der Waals surface area contributed by atoms with Crippen molar-refractivity contribution in [2.45, 2.75) is 71.8 Å². The van der Waals surface area contributed by atoms with E-state index in [1.165, 1.54) is 24.3 Å². The fourth-order valence-corrected chi connectivity index (χ4v) is 5.75. The Kier molecular flexibility index (Phi) is 12.4. The van der Waals surface area contributed by atoms with Gasteiger partial charge in [0, 0.05) is 12.6 Å². The van der Waals surface area contributed by atoms with Crippen LogP contribution in [0.2, 0.25) is 0 Å². The quantitative estimate of drug-likeness (QED) is 0.261. The van der Waals surface area contributed by atoms with Crippen molar-refractivity contribution < 1.29 is 23.4 Å². The van der Waals surface area contributed by atoms with Crippen molar-refractivity contribution in [3.05, 3.63) is 58.9 Å². The van der Waals surface area contributed by atoms with Gasteiger partial charge in [-0.15, -0.1) is 12.4 Å². The van der Waals surface area contributed by atoms with E-state index in [1.807, 2.05) is 20.9 Å². The van der Waals surface area contributed by atoms with Gasteiger partial charge in [-0.1, -0.05) is 37.6 Å². The molecule has 212 valence electrons. The first-order valence-corrected chi connectivity index (χ1v) is 13.6. The van der Waals surface area contributed by atoms with E-state index in [-0.39, 0.29) is 36.2 Å². The van der Waals surface area contributed by atoms with E-state index in [9.17, 15) is 9.18 Å². The zero-order valence-corrected chi connectivity index (χ0v) is 24.7. The fraction of sp³-hybridized carbons (Fsp3) is 0.581. The number of benzene rings is 2. The standard InChI is InChI=1S/C31H44FNO4.ClH/c1-7-15-31(30(34)37-22(2)3,26-13-12-23-10-8-9-11-24(23)19-26)16-18-33(4)17-14-25-20-28(35-5)29(36-6)21-27(25)32;/h8-11,20-22,26H,7,12-19H2,1-6H3;1H/t26?,31-;/m1./s1. The molecule has 0 N–H and O–H groups in total. The number of esters is 1. The monoisotopic (exact) mass is 549 g/mol. The summed E-state index contributed by atoms with van der Waals surface area (Å²) in [6.07, 6.45) is 5.74. The molecule has 0 saturated heterocycles. The second kappa shape index (κ2) is 14.7. The van der Waals surface area contributed by atoms with E-state index in [1.54, 1.807) is 13.2 Å². The van der Waals surface area contributed by atoms with Crippen LogP contribution < -0.4 is 9.47 Å². The number of carbonyl (C=O) groups is 1. The number of methoxy groups -OCH3 is 2. The molecule has 0 aromatic heterocycles. The van der Waals surface area contributed by atoms with Crippen molar-refractivity contribution >= 4 is 18.4 Å². The topological polar surface area (TPSA) is 48.0 Å². The molecule has 0 aliphatic heterocycles. The van der Waals surface area contributed by atoms with Gasteiger partial charge in [-0.2, -0.15) is 0 Å². The molecule has 2 atom stereocenters. The van der Waals surface area contributed by atoms with Crippen molar-refractivity contribution in [1.82, 2.24) is 4.90 Å². The van der Waals surface area contributed by atoms with Crippen molar-refractivity contribution in [1.29, 1.82) is 0 Å². The molecule has 0 saturated carbocycles. The number of hydrogen-bond acceptors (Lipinski definition) is 5. The third kappa shape index (κ3) is 7.63. The molecule has 0 heterocycles. The molecule has 1 aliphatic rings.